The summed E-state index contributed by atoms with van der Waals surface area (Å²) in [6.07, 6.45) is -0.334. The van der Waals surface area contributed by atoms with Gasteiger partial charge in [-0.25, -0.2) is 14.5 Å². The quantitative estimate of drug-likeness (QED) is 0.0876. The van der Waals surface area contributed by atoms with Crippen LogP contribution in [-0.2, 0) is 41.9 Å². The number of ether oxygens (including phenoxy) is 5. The van der Waals surface area contributed by atoms with Crippen molar-refractivity contribution in [3.05, 3.63) is 144 Å². The van der Waals surface area contributed by atoms with Crippen molar-refractivity contribution in [2.24, 2.45) is 5.92 Å². The number of hydrogen-bond acceptors (Lipinski definition) is 14. The van der Waals surface area contributed by atoms with E-state index in [1.807, 2.05) is 149 Å². The van der Waals surface area contributed by atoms with E-state index in [9.17, 15) is 13.9 Å². The predicted octanol–water partition coefficient (Wildman–Crippen LogP) is 10.1. The van der Waals surface area contributed by atoms with Crippen LogP contribution in [0.4, 0.5) is 11.4 Å². The van der Waals surface area contributed by atoms with Crippen molar-refractivity contribution in [3.8, 4) is 0 Å². The number of benzene rings is 4. The number of anilines is 2. The topological polar surface area (TPSA) is 176 Å². The minimum absolute atomic E-state index is 0.0311. The lowest BCUT2D eigenvalue weighted by atomic mass is 10.1. The predicted molar refractivity (Wildman–Crippen MR) is 252 cm³/mol. The molecule has 0 unspecified atom stereocenters. The van der Waals surface area contributed by atoms with Gasteiger partial charge in [-0.3, -0.25) is 33.2 Å². The van der Waals surface area contributed by atoms with Crippen LogP contribution in [-0.4, -0.2) is 74.4 Å². The highest BCUT2D eigenvalue weighted by Crippen LogP contribution is 2.74. The van der Waals surface area contributed by atoms with Crippen LogP contribution in [0.2, 0.25) is 0 Å². The van der Waals surface area contributed by atoms with Crippen LogP contribution in [0.3, 0.4) is 0 Å². The number of aromatic nitrogens is 4. The molecule has 2 N–H and O–H groups in total. The van der Waals surface area contributed by atoms with Gasteiger partial charge in [-0.15, -0.1) is 0 Å². The molecule has 0 spiro atoms. The summed E-state index contributed by atoms with van der Waals surface area (Å²) in [6, 6.07) is 36.9. The number of hydrogen-bond donors (Lipinski definition) is 2. The van der Waals surface area contributed by atoms with Gasteiger partial charge < -0.3 is 28.2 Å². The van der Waals surface area contributed by atoms with Crippen LogP contribution in [0.25, 0.3) is 11.2 Å². The van der Waals surface area contributed by atoms with Gasteiger partial charge in [-0.1, -0.05) is 72.8 Å². The highest BCUT2D eigenvalue weighted by Gasteiger charge is 2.58. The molecule has 4 fully saturated rings. The van der Waals surface area contributed by atoms with E-state index in [0.29, 0.717) is 17.8 Å². The first-order valence-electron chi connectivity index (χ1n) is 21.7. The van der Waals surface area contributed by atoms with Gasteiger partial charge in [0.1, 0.15) is 30.7 Å². The average molecular weight is 973 g/mol. The first-order chi connectivity index (χ1) is 31.7. The Morgan fingerprint density at radius 2 is 1.17 bits per heavy atom. The van der Waals surface area contributed by atoms with Gasteiger partial charge in [0.15, 0.2) is 29.0 Å². The summed E-state index contributed by atoms with van der Waals surface area (Å²) in [5, 5.41) is 6.16. The number of nitrogens with one attached hydrogen (secondary N) is 2. The van der Waals surface area contributed by atoms with Gasteiger partial charge in [0.25, 0.3) is 5.56 Å². The summed E-state index contributed by atoms with van der Waals surface area (Å²) in [7, 11) is -3.73. The molecule has 6 aromatic rings. The molecule has 8 atom stereocenters. The lowest BCUT2D eigenvalue weighted by Crippen LogP contribution is -2.34. The van der Waals surface area contributed by atoms with Gasteiger partial charge in [-0.05, 0) is 105 Å². The molecule has 4 aromatic carbocycles. The molecule has 3 aliphatic heterocycles. The molecular weight excluding hydrogens is 923 g/mol. The van der Waals surface area contributed by atoms with Crippen LogP contribution >= 0.6 is 36.2 Å². The third-order valence-corrected chi connectivity index (χ3v) is 19.8. The molecule has 1 saturated carbocycles. The monoisotopic (exact) mass is 972 g/mol. The number of para-hydroxylation sites is 2. The summed E-state index contributed by atoms with van der Waals surface area (Å²) in [4.78, 5) is 25.5. The van der Waals surface area contributed by atoms with Gasteiger partial charge in [0.05, 0.1) is 31.7 Å². The standard InChI is InChI=1S/C46H50N6O10P2S2/c1-45(2)59-38-30(26-56-63(54,49-31-17-9-5-10-18-31)50-32-19-11-6-12-20-32)25-35(39(38)60-45)51-29-48-42-37(43(51)53)47-28-52(42)44-41-40(61-46(3,4)62-41)36(58-44)27-57-64(55,65-33-21-13-7-14-22-33)66-34-23-15-8-16-24-34/h5-24,28-30,35-36,38-41,44H,25-27H2,1-4H3,(H2,49,50,54)/t30-,35-,36-,38-,39+,40-,41-,44-/m1/s1. The lowest BCUT2D eigenvalue weighted by Gasteiger charge is -2.26. The number of imidazole rings is 1. The van der Waals surface area contributed by atoms with E-state index in [0.717, 1.165) is 9.79 Å². The van der Waals surface area contributed by atoms with Crippen LogP contribution in [0, 0.1) is 5.92 Å². The molecule has 4 aliphatic rings. The summed E-state index contributed by atoms with van der Waals surface area (Å²) in [6.45, 7) is 7.28. The van der Waals surface area contributed by atoms with Crippen LogP contribution in [0.1, 0.15) is 46.4 Å². The molecule has 1 aliphatic carbocycles. The summed E-state index contributed by atoms with van der Waals surface area (Å²) in [5.74, 6) is -5.69. The van der Waals surface area contributed by atoms with Crippen molar-refractivity contribution in [1.82, 2.24) is 19.1 Å². The van der Waals surface area contributed by atoms with Crippen LogP contribution in [0.5, 0.6) is 0 Å². The van der Waals surface area contributed by atoms with E-state index < -0.39 is 67.8 Å². The van der Waals surface area contributed by atoms with Gasteiger partial charge in [-0.2, -0.15) is 0 Å². The fourth-order valence-corrected chi connectivity index (χ4v) is 17.0. The lowest BCUT2D eigenvalue weighted by molar-refractivity contribution is -0.198. The third-order valence-electron chi connectivity index (χ3n) is 11.7. The Hall–Kier alpha value is -4.29. The smallest absolute Gasteiger partial charge is 0.347 e. The molecule has 3 saturated heterocycles. The van der Waals surface area contributed by atoms with Crippen molar-refractivity contribution in [2.45, 2.75) is 98.3 Å². The molecule has 0 bridgehead atoms. The van der Waals surface area contributed by atoms with Crippen LogP contribution < -0.4 is 15.7 Å². The van der Waals surface area contributed by atoms with Gasteiger partial charge >= 0.3 is 13.4 Å². The third kappa shape index (κ3) is 9.69. The van der Waals surface area contributed by atoms with E-state index in [4.69, 9.17) is 37.7 Å². The second-order valence-corrected chi connectivity index (χ2v) is 26.3. The van der Waals surface area contributed by atoms with E-state index in [-0.39, 0.29) is 35.9 Å². The Labute approximate surface area is 389 Å². The van der Waals surface area contributed by atoms with Crippen molar-refractivity contribution in [3.63, 3.8) is 0 Å². The van der Waals surface area contributed by atoms with Gasteiger partial charge in [0.2, 0.25) is 0 Å². The van der Waals surface area contributed by atoms with Gasteiger partial charge in [0, 0.05) is 27.1 Å². The van der Waals surface area contributed by atoms with Crippen LogP contribution in [0.15, 0.2) is 149 Å². The average Bonchev–Trinajstić information content (AvgIpc) is 4.09. The fraction of sp³-hybridized carbons (Fsp3) is 0.370. The molecule has 10 rings (SSSR count). The van der Waals surface area contributed by atoms with E-state index >= 15 is 0 Å². The molecule has 16 nitrogen and oxygen atoms in total. The number of rotatable bonds is 16. The van der Waals surface area contributed by atoms with Crippen molar-refractivity contribution in [1.29, 1.82) is 0 Å². The Kier molecular flexibility index (Phi) is 12.6. The molecule has 0 radical (unpaired) electrons. The molecule has 0 amide bonds. The second kappa shape index (κ2) is 18.3. The number of fused-ring (bicyclic) bond motifs is 3. The SMILES string of the molecule is CC1(C)O[C@@H]2[C@@H](COP(=O)(Nc3ccccc3)Nc3ccccc3)C[C@@H](n3cnc4c(ncn4[C@@H]4O[C@H](COP(=O)(Sc5ccccc5)Sc5ccccc5)[C@H]5OC(C)(C)O[C@H]54)c3=O)[C@@H]2O1. The molecule has 5 heterocycles. The summed E-state index contributed by atoms with van der Waals surface area (Å²) in [5.41, 5.74) is 1.28. The van der Waals surface area contributed by atoms with Crippen molar-refractivity contribution >= 4 is 58.7 Å². The maximum Gasteiger partial charge on any atom is 0.391 e. The fourth-order valence-electron chi connectivity index (χ4n) is 8.97. The highest BCUT2D eigenvalue weighted by atomic mass is 33.1. The zero-order valence-electron chi connectivity index (χ0n) is 36.5. The first-order valence-corrected chi connectivity index (χ1v) is 27.8. The van der Waals surface area contributed by atoms with Crippen molar-refractivity contribution in [2.75, 3.05) is 23.4 Å². The minimum Gasteiger partial charge on any atom is -0.347 e. The zero-order chi connectivity index (χ0) is 45.7. The van der Waals surface area contributed by atoms with E-state index in [1.54, 1.807) is 9.13 Å². The molecule has 346 valence electrons. The molecular formula is C46H50N6O10P2S2. The Bertz CT molecular complexity index is 2720. The zero-order valence-corrected chi connectivity index (χ0v) is 39.9. The maximum absolute atomic E-state index is 14.6. The maximum atomic E-state index is 14.6. The highest BCUT2D eigenvalue weighted by molar-refractivity contribution is 8.89. The Morgan fingerprint density at radius 1 is 0.652 bits per heavy atom. The Morgan fingerprint density at radius 3 is 1.76 bits per heavy atom. The van der Waals surface area contributed by atoms with Crippen molar-refractivity contribution < 1.29 is 41.9 Å². The first kappa shape index (κ1) is 45.5. The normalized spacial score (nSPS) is 26.6. The summed E-state index contributed by atoms with van der Waals surface area (Å²) >= 11 is 2.36. The Balaban J connectivity index is 0.890. The molecule has 2 aromatic heterocycles. The molecule has 66 heavy (non-hydrogen) atoms. The second-order valence-electron chi connectivity index (χ2n) is 17.4. The number of nitrogens with zero attached hydrogens (tertiary/aromatic N) is 4. The summed E-state index contributed by atoms with van der Waals surface area (Å²) < 4.78 is 77.4. The minimum atomic E-state index is -3.73. The largest absolute Gasteiger partial charge is 0.391 e. The van der Waals surface area contributed by atoms with E-state index in [2.05, 4.69) is 15.2 Å². The molecule has 20 heteroatoms. The van der Waals surface area contributed by atoms with E-state index in [1.165, 1.54) is 35.4 Å².